The summed E-state index contributed by atoms with van der Waals surface area (Å²) in [5.41, 5.74) is 1.54. The molecule has 0 fully saturated rings. The Morgan fingerprint density at radius 1 is 1.22 bits per heavy atom. The molecule has 0 aromatic heterocycles. The molecular weight excluding hydrogens is 370 g/mol. The first kappa shape index (κ1) is 18.8. The number of esters is 1. The van der Waals surface area contributed by atoms with E-state index in [9.17, 15) is 9.59 Å². The maximum Gasteiger partial charge on any atom is 0.331 e. The quantitative estimate of drug-likeness (QED) is 0.608. The Hall–Kier alpha value is -2.99. The van der Waals surface area contributed by atoms with Crippen LogP contribution in [-0.2, 0) is 20.9 Å². The molecule has 1 N–H and O–H groups in total. The van der Waals surface area contributed by atoms with Gasteiger partial charge in [0, 0.05) is 17.6 Å². The van der Waals surface area contributed by atoms with Gasteiger partial charge < -0.3 is 19.5 Å². The zero-order valence-electron chi connectivity index (χ0n) is 14.6. The predicted octanol–water partition coefficient (Wildman–Crippen LogP) is 3.33. The summed E-state index contributed by atoms with van der Waals surface area (Å²) in [6.07, 6.45) is 1.85. The lowest BCUT2D eigenvalue weighted by atomic mass is 10.2. The maximum atomic E-state index is 12.1. The van der Waals surface area contributed by atoms with Crippen molar-refractivity contribution in [3.8, 4) is 11.5 Å². The third-order valence-electron chi connectivity index (χ3n) is 3.87. The van der Waals surface area contributed by atoms with Crippen molar-refractivity contribution in [2.24, 2.45) is 0 Å². The lowest BCUT2D eigenvalue weighted by molar-refractivity contribution is -0.150. The number of rotatable bonds is 6. The smallest absolute Gasteiger partial charge is 0.331 e. The Balaban J connectivity index is 1.48. The van der Waals surface area contributed by atoms with Gasteiger partial charge in [0.25, 0.3) is 5.91 Å². The van der Waals surface area contributed by atoms with Crippen LogP contribution in [0.4, 0.5) is 0 Å². The number of fused-ring (bicyclic) bond motifs is 1. The summed E-state index contributed by atoms with van der Waals surface area (Å²) in [6.45, 7) is 1.99. The van der Waals surface area contributed by atoms with Gasteiger partial charge in [-0.3, -0.25) is 4.79 Å². The van der Waals surface area contributed by atoms with Gasteiger partial charge in [0.15, 0.2) is 17.6 Å². The van der Waals surface area contributed by atoms with Gasteiger partial charge in [-0.1, -0.05) is 35.9 Å². The Kier molecular flexibility index (Phi) is 5.98. The van der Waals surface area contributed by atoms with Gasteiger partial charge in [0.1, 0.15) is 0 Å². The van der Waals surface area contributed by atoms with Crippen LogP contribution in [0.25, 0.3) is 6.08 Å². The minimum atomic E-state index is -0.928. The zero-order chi connectivity index (χ0) is 19.2. The fraction of sp³-hybridized carbons (Fsp3) is 0.200. The van der Waals surface area contributed by atoms with Gasteiger partial charge in [-0.25, -0.2) is 4.79 Å². The fourth-order valence-corrected chi connectivity index (χ4v) is 2.62. The minimum absolute atomic E-state index is 0.194. The Labute approximate surface area is 161 Å². The summed E-state index contributed by atoms with van der Waals surface area (Å²) in [7, 11) is 0. The van der Waals surface area contributed by atoms with Crippen molar-refractivity contribution in [1.82, 2.24) is 5.32 Å². The van der Waals surface area contributed by atoms with Crippen molar-refractivity contribution < 1.29 is 23.8 Å². The molecule has 0 spiro atoms. The Bertz CT molecular complexity index is 880. The molecule has 1 heterocycles. The van der Waals surface area contributed by atoms with Crippen LogP contribution in [0.15, 0.2) is 48.5 Å². The predicted molar refractivity (Wildman–Crippen MR) is 100 cm³/mol. The highest BCUT2D eigenvalue weighted by atomic mass is 35.5. The summed E-state index contributed by atoms with van der Waals surface area (Å²) >= 11 is 6.01. The average Bonchev–Trinajstić information content (AvgIpc) is 3.13. The standard InChI is InChI=1S/C20H18ClNO5/c1-13(27-19(23)9-7-15-4-2-3-5-16(15)21)20(24)22-11-14-6-8-17-18(10-14)26-12-25-17/h2-10,13H,11-12H2,1H3,(H,22,24)/b9-7+. The molecule has 1 atom stereocenters. The van der Waals surface area contributed by atoms with Crippen LogP contribution in [0.2, 0.25) is 5.02 Å². The Morgan fingerprint density at radius 3 is 2.81 bits per heavy atom. The number of carbonyl (C=O) groups excluding carboxylic acids is 2. The number of benzene rings is 2. The average molecular weight is 388 g/mol. The van der Waals surface area contributed by atoms with Crippen LogP contribution in [0, 0.1) is 0 Å². The second kappa shape index (κ2) is 8.60. The molecular formula is C20H18ClNO5. The van der Waals surface area contributed by atoms with Crippen LogP contribution in [0.3, 0.4) is 0 Å². The summed E-state index contributed by atoms with van der Waals surface area (Å²) in [4.78, 5) is 24.0. The molecule has 1 aliphatic rings. The number of hydrogen-bond acceptors (Lipinski definition) is 5. The van der Waals surface area contributed by atoms with Crippen molar-refractivity contribution >= 4 is 29.6 Å². The molecule has 2 aromatic carbocycles. The number of halogens is 1. The minimum Gasteiger partial charge on any atom is -0.454 e. The summed E-state index contributed by atoms with van der Waals surface area (Å²) < 4.78 is 15.6. The van der Waals surface area contributed by atoms with E-state index < -0.39 is 18.0 Å². The van der Waals surface area contributed by atoms with Crippen LogP contribution < -0.4 is 14.8 Å². The van der Waals surface area contributed by atoms with E-state index in [1.807, 2.05) is 12.1 Å². The van der Waals surface area contributed by atoms with Gasteiger partial charge in [0.05, 0.1) is 0 Å². The highest BCUT2D eigenvalue weighted by molar-refractivity contribution is 6.32. The number of ether oxygens (including phenoxy) is 3. The normalized spacial score (nSPS) is 13.4. The third-order valence-corrected chi connectivity index (χ3v) is 4.21. The van der Waals surface area contributed by atoms with Crippen LogP contribution in [0.5, 0.6) is 11.5 Å². The van der Waals surface area contributed by atoms with E-state index in [1.54, 1.807) is 36.4 Å². The monoisotopic (exact) mass is 387 g/mol. The van der Waals surface area contributed by atoms with E-state index in [-0.39, 0.29) is 13.3 Å². The molecule has 1 unspecified atom stereocenters. The van der Waals surface area contributed by atoms with Crippen molar-refractivity contribution in [2.45, 2.75) is 19.6 Å². The number of amides is 1. The first-order valence-electron chi connectivity index (χ1n) is 8.32. The first-order valence-corrected chi connectivity index (χ1v) is 8.70. The lowest BCUT2D eigenvalue weighted by Crippen LogP contribution is -2.35. The van der Waals surface area contributed by atoms with Crippen LogP contribution in [-0.4, -0.2) is 24.8 Å². The zero-order valence-corrected chi connectivity index (χ0v) is 15.4. The summed E-state index contributed by atoms with van der Waals surface area (Å²) in [6, 6.07) is 12.5. The molecule has 7 heteroatoms. The third kappa shape index (κ3) is 5.01. The Morgan fingerprint density at radius 2 is 2.00 bits per heavy atom. The van der Waals surface area contributed by atoms with E-state index in [1.165, 1.54) is 13.0 Å². The first-order chi connectivity index (χ1) is 13.0. The van der Waals surface area contributed by atoms with Crippen LogP contribution >= 0.6 is 11.6 Å². The van der Waals surface area contributed by atoms with Gasteiger partial charge in [0.2, 0.25) is 6.79 Å². The van der Waals surface area contributed by atoms with E-state index >= 15 is 0 Å². The van der Waals surface area contributed by atoms with Crippen molar-refractivity contribution in [2.75, 3.05) is 6.79 Å². The molecule has 6 nitrogen and oxygen atoms in total. The lowest BCUT2D eigenvalue weighted by Gasteiger charge is -2.12. The highest BCUT2D eigenvalue weighted by Gasteiger charge is 2.17. The van der Waals surface area contributed by atoms with Crippen molar-refractivity contribution in [3.63, 3.8) is 0 Å². The second-order valence-electron chi connectivity index (χ2n) is 5.84. The molecule has 27 heavy (non-hydrogen) atoms. The second-order valence-corrected chi connectivity index (χ2v) is 6.25. The largest absolute Gasteiger partial charge is 0.454 e. The molecule has 0 bridgehead atoms. The van der Waals surface area contributed by atoms with E-state index in [2.05, 4.69) is 5.32 Å². The number of carbonyl (C=O) groups is 2. The number of nitrogens with one attached hydrogen (secondary N) is 1. The van der Waals surface area contributed by atoms with Gasteiger partial charge in [-0.2, -0.15) is 0 Å². The molecule has 0 saturated carbocycles. The molecule has 140 valence electrons. The van der Waals surface area contributed by atoms with E-state index in [0.717, 1.165) is 5.56 Å². The van der Waals surface area contributed by atoms with Crippen LogP contribution in [0.1, 0.15) is 18.1 Å². The van der Waals surface area contributed by atoms with E-state index in [0.29, 0.717) is 22.1 Å². The molecule has 1 amide bonds. The van der Waals surface area contributed by atoms with Gasteiger partial charge in [-0.15, -0.1) is 0 Å². The highest BCUT2D eigenvalue weighted by Crippen LogP contribution is 2.32. The molecule has 0 aliphatic carbocycles. The van der Waals surface area contributed by atoms with Gasteiger partial charge in [-0.05, 0) is 42.3 Å². The number of hydrogen-bond donors (Lipinski definition) is 1. The summed E-state index contributed by atoms with van der Waals surface area (Å²) in [5.74, 6) is 0.302. The maximum absolute atomic E-state index is 12.1. The van der Waals surface area contributed by atoms with E-state index in [4.69, 9.17) is 25.8 Å². The van der Waals surface area contributed by atoms with Crippen molar-refractivity contribution in [3.05, 3.63) is 64.7 Å². The summed E-state index contributed by atoms with van der Waals surface area (Å²) in [5, 5.41) is 3.24. The molecule has 0 saturated heterocycles. The molecule has 0 radical (unpaired) electrons. The van der Waals surface area contributed by atoms with Gasteiger partial charge >= 0.3 is 5.97 Å². The van der Waals surface area contributed by atoms with Crippen molar-refractivity contribution in [1.29, 1.82) is 0 Å². The molecule has 1 aliphatic heterocycles. The molecule has 2 aromatic rings. The topological polar surface area (TPSA) is 73.9 Å². The fourth-order valence-electron chi connectivity index (χ4n) is 2.42. The molecule has 3 rings (SSSR count). The SMILES string of the molecule is CC(OC(=O)/C=C/c1ccccc1Cl)C(=O)NCc1ccc2c(c1)OCO2.